The first-order valence-corrected chi connectivity index (χ1v) is 10.1. The van der Waals surface area contributed by atoms with Gasteiger partial charge in [0.1, 0.15) is 0 Å². The molecule has 1 heterocycles. The lowest BCUT2D eigenvalue weighted by molar-refractivity contribution is 0.0119. The number of halogens is 1. The number of aryl methyl sites for hydroxylation is 1. The van der Waals surface area contributed by atoms with E-state index in [1.165, 1.54) is 0 Å². The minimum Gasteiger partial charge on any atom is -0.385 e. The Morgan fingerprint density at radius 1 is 1.30 bits per heavy atom. The van der Waals surface area contributed by atoms with E-state index in [1.54, 1.807) is 6.08 Å². The molecule has 0 unspecified atom stereocenters. The Kier molecular flexibility index (Phi) is 8.49. The lowest BCUT2D eigenvalue weighted by Gasteiger charge is -2.39. The molecule has 1 fully saturated rings. The number of rotatable bonds is 9. The molecule has 0 radical (unpaired) electrons. The van der Waals surface area contributed by atoms with Gasteiger partial charge < -0.3 is 10.0 Å². The Labute approximate surface area is 168 Å². The number of ketones is 1. The first kappa shape index (κ1) is 21.6. The number of Topliss-reactive ketones (excluding diaryl/α,β-unsaturated/α-hetero) is 1. The van der Waals surface area contributed by atoms with Crippen molar-refractivity contribution in [1.29, 1.82) is 0 Å². The molecule has 3 nitrogen and oxygen atoms in total. The second-order valence-corrected chi connectivity index (χ2v) is 7.49. The Bertz CT molecular complexity index is 683. The molecule has 0 aromatic heterocycles. The molecular weight excluding hydrogens is 358 g/mol. The van der Waals surface area contributed by atoms with Gasteiger partial charge in [-0.1, -0.05) is 60.7 Å². The average Bonchev–Trinajstić information content (AvgIpc) is 2.67. The lowest BCUT2D eigenvalue weighted by Crippen LogP contribution is -2.45. The third kappa shape index (κ3) is 6.46. The van der Waals surface area contributed by atoms with Gasteiger partial charge in [-0.15, -0.1) is 11.6 Å². The number of piperidine rings is 1. The van der Waals surface area contributed by atoms with Crippen LogP contribution in [-0.2, 0) is 0 Å². The third-order valence-electron chi connectivity index (χ3n) is 5.16. The standard InChI is InChI=1S/C23H30ClNO2/c1-3-6-21(7-4-15-24)23(27)13-17-25(18-14-23)16-5-8-22(26)20-11-9-19(2)10-12-20/h3-4,6-7,9-12,27H,1,5,8,13-18H2,2H3/b7-4-,21-6+. The van der Waals surface area contributed by atoms with Gasteiger partial charge >= 0.3 is 0 Å². The van der Waals surface area contributed by atoms with Crippen LogP contribution in [0.15, 0.2) is 60.7 Å². The van der Waals surface area contributed by atoms with Crippen LogP contribution in [0.4, 0.5) is 0 Å². The molecule has 1 N–H and O–H groups in total. The molecule has 146 valence electrons. The fourth-order valence-corrected chi connectivity index (χ4v) is 3.54. The van der Waals surface area contributed by atoms with E-state index >= 15 is 0 Å². The van der Waals surface area contributed by atoms with Crippen molar-refractivity contribution in [2.24, 2.45) is 0 Å². The van der Waals surface area contributed by atoms with E-state index in [1.807, 2.05) is 49.4 Å². The molecule has 0 bridgehead atoms. The number of carbonyl (C=O) groups is 1. The zero-order valence-corrected chi connectivity index (χ0v) is 16.9. The first-order valence-electron chi connectivity index (χ1n) is 9.59. The molecule has 0 spiro atoms. The molecule has 0 atom stereocenters. The van der Waals surface area contributed by atoms with E-state index in [0.717, 1.165) is 42.8 Å². The van der Waals surface area contributed by atoms with Crippen molar-refractivity contribution in [2.45, 2.75) is 38.2 Å². The lowest BCUT2D eigenvalue weighted by atomic mass is 9.83. The highest BCUT2D eigenvalue weighted by molar-refractivity contribution is 6.18. The van der Waals surface area contributed by atoms with Gasteiger partial charge in [-0.25, -0.2) is 0 Å². The van der Waals surface area contributed by atoms with Crippen LogP contribution >= 0.6 is 11.6 Å². The van der Waals surface area contributed by atoms with Crippen LogP contribution < -0.4 is 0 Å². The zero-order valence-electron chi connectivity index (χ0n) is 16.2. The van der Waals surface area contributed by atoms with Crippen molar-refractivity contribution in [3.63, 3.8) is 0 Å². The summed E-state index contributed by atoms with van der Waals surface area (Å²) in [6.45, 7) is 8.28. The predicted octanol–water partition coefficient (Wildman–Crippen LogP) is 4.69. The fourth-order valence-electron chi connectivity index (χ4n) is 3.45. The summed E-state index contributed by atoms with van der Waals surface area (Å²) in [7, 11) is 0. The van der Waals surface area contributed by atoms with Gasteiger partial charge in [0.15, 0.2) is 5.78 Å². The molecule has 1 aromatic rings. The number of likely N-dealkylation sites (tertiary alicyclic amines) is 1. The van der Waals surface area contributed by atoms with Gasteiger partial charge in [-0.3, -0.25) is 4.79 Å². The van der Waals surface area contributed by atoms with Gasteiger partial charge in [0.25, 0.3) is 0 Å². The predicted molar refractivity (Wildman–Crippen MR) is 114 cm³/mol. The summed E-state index contributed by atoms with van der Waals surface area (Å²) in [5, 5.41) is 11.0. The van der Waals surface area contributed by atoms with E-state index in [9.17, 15) is 9.90 Å². The van der Waals surface area contributed by atoms with Crippen LogP contribution in [0.3, 0.4) is 0 Å². The maximum atomic E-state index is 12.3. The minimum atomic E-state index is -0.828. The van der Waals surface area contributed by atoms with Crippen LogP contribution in [0, 0.1) is 6.92 Å². The number of allylic oxidation sites excluding steroid dienone is 3. The van der Waals surface area contributed by atoms with E-state index < -0.39 is 5.60 Å². The van der Waals surface area contributed by atoms with Crippen molar-refractivity contribution < 1.29 is 9.90 Å². The zero-order chi connectivity index (χ0) is 19.7. The summed E-state index contributed by atoms with van der Waals surface area (Å²) < 4.78 is 0. The van der Waals surface area contributed by atoms with Crippen molar-refractivity contribution in [1.82, 2.24) is 4.90 Å². The maximum absolute atomic E-state index is 12.3. The molecule has 1 aliphatic heterocycles. The Hall–Kier alpha value is -1.68. The van der Waals surface area contributed by atoms with Gasteiger partial charge in [-0.2, -0.15) is 0 Å². The number of nitrogens with zero attached hydrogens (tertiary/aromatic N) is 1. The maximum Gasteiger partial charge on any atom is 0.162 e. The minimum absolute atomic E-state index is 0.200. The summed E-state index contributed by atoms with van der Waals surface area (Å²) in [4.78, 5) is 14.6. The van der Waals surface area contributed by atoms with Crippen LogP contribution in [0.5, 0.6) is 0 Å². The van der Waals surface area contributed by atoms with Crippen molar-refractivity contribution >= 4 is 17.4 Å². The number of alkyl halides is 1. The van der Waals surface area contributed by atoms with Gasteiger partial charge in [0.2, 0.25) is 0 Å². The monoisotopic (exact) mass is 387 g/mol. The molecule has 1 aromatic carbocycles. The Morgan fingerprint density at radius 3 is 2.56 bits per heavy atom. The third-order valence-corrected chi connectivity index (χ3v) is 5.33. The van der Waals surface area contributed by atoms with Crippen LogP contribution in [-0.4, -0.2) is 46.9 Å². The number of benzene rings is 1. The van der Waals surface area contributed by atoms with Crippen molar-refractivity contribution in [3.05, 3.63) is 71.8 Å². The quantitative estimate of drug-likeness (QED) is 0.379. The topological polar surface area (TPSA) is 40.5 Å². The number of aliphatic hydroxyl groups is 1. The van der Waals surface area contributed by atoms with Crippen LogP contribution in [0.2, 0.25) is 0 Å². The summed E-state index contributed by atoms with van der Waals surface area (Å²) in [5.41, 5.74) is 2.00. The molecule has 4 heteroatoms. The van der Waals surface area contributed by atoms with E-state index in [4.69, 9.17) is 11.6 Å². The molecular formula is C23H30ClNO2. The van der Waals surface area contributed by atoms with Gasteiger partial charge in [0, 0.05) is 31.0 Å². The van der Waals surface area contributed by atoms with Gasteiger partial charge in [0.05, 0.1) is 5.60 Å². The molecule has 1 saturated heterocycles. The van der Waals surface area contributed by atoms with E-state index in [-0.39, 0.29) is 5.78 Å². The molecule has 0 amide bonds. The number of hydrogen-bond donors (Lipinski definition) is 1. The Balaban J connectivity index is 1.80. The molecule has 0 aliphatic carbocycles. The smallest absolute Gasteiger partial charge is 0.162 e. The molecule has 27 heavy (non-hydrogen) atoms. The molecule has 0 saturated carbocycles. The number of hydrogen-bond acceptors (Lipinski definition) is 3. The summed E-state index contributed by atoms with van der Waals surface area (Å²) in [5.74, 6) is 0.622. The van der Waals surface area contributed by atoms with E-state index in [2.05, 4.69) is 11.5 Å². The highest BCUT2D eigenvalue weighted by Crippen LogP contribution is 2.31. The first-order chi connectivity index (χ1) is 13.0. The Morgan fingerprint density at radius 2 is 1.96 bits per heavy atom. The average molecular weight is 388 g/mol. The summed E-state index contributed by atoms with van der Waals surface area (Å²) in [6, 6.07) is 7.76. The van der Waals surface area contributed by atoms with Crippen LogP contribution in [0.1, 0.15) is 41.6 Å². The molecule has 1 aliphatic rings. The summed E-state index contributed by atoms with van der Waals surface area (Å²) >= 11 is 5.73. The van der Waals surface area contributed by atoms with Crippen LogP contribution in [0.25, 0.3) is 0 Å². The largest absolute Gasteiger partial charge is 0.385 e. The van der Waals surface area contributed by atoms with E-state index in [0.29, 0.717) is 25.1 Å². The van der Waals surface area contributed by atoms with Crippen molar-refractivity contribution in [3.8, 4) is 0 Å². The number of carbonyl (C=O) groups excluding carboxylic acids is 1. The highest BCUT2D eigenvalue weighted by atomic mass is 35.5. The summed E-state index contributed by atoms with van der Waals surface area (Å²) in [6.07, 6.45) is 10.0. The second kappa shape index (κ2) is 10.6. The normalized spacial score (nSPS) is 18.0. The fraction of sp³-hybridized carbons (Fsp3) is 0.435. The van der Waals surface area contributed by atoms with Gasteiger partial charge in [-0.05, 0) is 38.3 Å². The van der Waals surface area contributed by atoms with Crippen molar-refractivity contribution in [2.75, 3.05) is 25.5 Å². The second-order valence-electron chi connectivity index (χ2n) is 7.18. The highest BCUT2D eigenvalue weighted by Gasteiger charge is 2.34. The SMILES string of the molecule is C=C/C=C(\C=C/CCl)C1(O)CCN(CCCC(=O)c2ccc(C)cc2)CC1. The molecule has 2 rings (SSSR count).